The van der Waals surface area contributed by atoms with Crippen LogP contribution in [0.5, 0.6) is 0 Å². The average molecular weight is 167 g/mol. The van der Waals surface area contributed by atoms with Crippen molar-refractivity contribution in [2.75, 3.05) is 6.54 Å². The maximum absolute atomic E-state index is 3.91. The van der Waals surface area contributed by atoms with Crippen LogP contribution < -0.4 is 5.32 Å². The minimum Gasteiger partial charge on any atom is -0.310 e. The molecule has 0 bridgehead atoms. The van der Waals surface area contributed by atoms with Gasteiger partial charge in [0.1, 0.15) is 0 Å². The molecular formula is C9H17N3. The van der Waals surface area contributed by atoms with Crippen molar-refractivity contribution in [1.29, 1.82) is 0 Å². The van der Waals surface area contributed by atoms with E-state index in [1.54, 1.807) is 0 Å². The van der Waals surface area contributed by atoms with Gasteiger partial charge in [0.15, 0.2) is 0 Å². The molecule has 3 heteroatoms. The molecule has 0 radical (unpaired) electrons. The maximum Gasteiger partial charge on any atom is 0.0534 e. The van der Waals surface area contributed by atoms with Gasteiger partial charge in [0.2, 0.25) is 0 Å². The number of hydrogen-bond acceptors (Lipinski definition) is 2. The Morgan fingerprint density at radius 3 is 2.75 bits per heavy atom. The van der Waals surface area contributed by atoms with Crippen molar-refractivity contribution >= 4 is 0 Å². The van der Waals surface area contributed by atoms with Crippen molar-refractivity contribution in [2.45, 2.75) is 26.8 Å². The summed E-state index contributed by atoms with van der Waals surface area (Å²) in [5, 5.41) is 10.1. The van der Waals surface area contributed by atoms with E-state index in [1.807, 2.05) is 12.4 Å². The number of rotatable bonds is 4. The van der Waals surface area contributed by atoms with Crippen molar-refractivity contribution in [3.63, 3.8) is 0 Å². The zero-order valence-electron chi connectivity index (χ0n) is 7.96. The van der Waals surface area contributed by atoms with Crippen LogP contribution in [0.2, 0.25) is 0 Å². The van der Waals surface area contributed by atoms with Crippen molar-refractivity contribution in [1.82, 2.24) is 15.5 Å². The van der Waals surface area contributed by atoms with E-state index in [2.05, 4.69) is 36.3 Å². The SMILES string of the molecule is CC(C)CNC(C)c1cn[nH]c1. The van der Waals surface area contributed by atoms with E-state index >= 15 is 0 Å². The van der Waals surface area contributed by atoms with E-state index in [9.17, 15) is 0 Å². The van der Waals surface area contributed by atoms with Gasteiger partial charge in [0.25, 0.3) is 0 Å². The summed E-state index contributed by atoms with van der Waals surface area (Å²) in [6.45, 7) is 7.60. The highest BCUT2D eigenvalue weighted by molar-refractivity contribution is 5.07. The summed E-state index contributed by atoms with van der Waals surface area (Å²) in [7, 11) is 0. The summed E-state index contributed by atoms with van der Waals surface area (Å²) < 4.78 is 0. The summed E-state index contributed by atoms with van der Waals surface area (Å²) in [6, 6.07) is 0.395. The van der Waals surface area contributed by atoms with Crippen LogP contribution in [0.25, 0.3) is 0 Å². The Kier molecular flexibility index (Phi) is 3.29. The van der Waals surface area contributed by atoms with E-state index in [-0.39, 0.29) is 0 Å². The van der Waals surface area contributed by atoms with E-state index in [4.69, 9.17) is 0 Å². The molecule has 0 aliphatic heterocycles. The van der Waals surface area contributed by atoms with Crippen LogP contribution in [0, 0.1) is 5.92 Å². The molecule has 1 heterocycles. The largest absolute Gasteiger partial charge is 0.310 e. The van der Waals surface area contributed by atoms with Gasteiger partial charge in [-0.2, -0.15) is 5.10 Å². The first-order valence-corrected chi connectivity index (χ1v) is 4.42. The highest BCUT2D eigenvalue weighted by atomic mass is 15.1. The van der Waals surface area contributed by atoms with Gasteiger partial charge in [-0.3, -0.25) is 5.10 Å². The van der Waals surface area contributed by atoms with Gasteiger partial charge in [-0.25, -0.2) is 0 Å². The van der Waals surface area contributed by atoms with Gasteiger partial charge in [0, 0.05) is 17.8 Å². The molecule has 0 aliphatic rings. The monoisotopic (exact) mass is 167 g/mol. The van der Waals surface area contributed by atoms with Gasteiger partial charge in [-0.15, -0.1) is 0 Å². The summed E-state index contributed by atoms with van der Waals surface area (Å²) in [5.41, 5.74) is 1.22. The molecular weight excluding hydrogens is 150 g/mol. The quantitative estimate of drug-likeness (QED) is 0.716. The minimum atomic E-state index is 0.395. The van der Waals surface area contributed by atoms with Gasteiger partial charge < -0.3 is 5.32 Å². The highest BCUT2D eigenvalue weighted by Gasteiger charge is 2.05. The molecule has 3 nitrogen and oxygen atoms in total. The van der Waals surface area contributed by atoms with Crippen LogP contribution in [0.15, 0.2) is 12.4 Å². The third-order valence-corrected chi connectivity index (χ3v) is 1.85. The van der Waals surface area contributed by atoms with Crippen LogP contribution in [0.4, 0.5) is 0 Å². The number of nitrogens with one attached hydrogen (secondary N) is 2. The topological polar surface area (TPSA) is 40.7 Å². The molecule has 1 aromatic heterocycles. The summed E-state index contributed by atoms with van der Waals surface area (Å²) in [5.74, 6) is 0.694. The van der Waals surface area contributed by atoms with Crippen molar-refractivity contribution in [3.8, 4) is 0 Å². The third kappa shape index (κ3) is 2.66. The molecule has 68 valence electrons. The van der Waals surface area contributed by atoms with Crippen molar-refractivity contribution in [3.05, 3.63) is 18.0 Å². The molecule has 0 saturated carbocycles. The predicted octanol–water partition coefficient (Wildman–Crippen LogP) is 1.72. The second-order valence-corrected chi connectivity index (χ2v) is 3.56. The van der Waals surface area contributed by atoms with Gasteiger partial charge in [0.05, 0.1) is 6.20 Å². The molecule has 1 aromatic rings. The highest BCUT2D eigenvalue weighted by Crippen LogP contribution is 2.08. The van der Waals surface area contributed by atoms with Crippen LogP contribution >= 0.6 is 0 Å². The standard InChI is InChI=1S/C9H17N3/c1-7(2)4-10-8(3)9-5-11-12-6-9/h5-8,10H,4H2,1-3H3,(H,11,12). The van der Waals surface area contributed by atoms with Gasteiger partial charge in [-0.05, 0) is 19.4 Å². The first-order valence-electron chi connectivity index (χ1n) is 4.42. The van der Waals surface area contributed by atoms with Gasteiger partial charge >= 0.3 is 0 Å². The predicted molar refractivity (Wildman–Crippen MR) is 49.8 cm³/mol. The van der Waals surface area contributed by atoms with Crippen molar-refractivity contribution < 1.29 is 0 Å². The molecule has 0 aliphatic carbocycles. The fourth-order valence-electron chi connectivity index (χ4n) is 1.03. The smallest absolute Gasteiger partial charge is 0.0534 e. The zero-order chi connectivity index (χ0) is 8.97. The molecule has 2 N–H and O–H groups in total. The lowest BCUT2D eigenvalue weighted by molar-refractivity contribution is 0.496. The lowest BCUT2D eigenvalue weighted by Gasteiger charge is -2.13. The number of nitrogens with zero attached hydrogens (tertiary/aromatic N) is 1. The maximum atomic E-state index is 3.91. The molecule has 0 spiro atoms. The van der Waals surface area contributed by atoms with E-state index < -0.39 is 0 Å². The number of hydrogen-bond donors (Lipinski definition) is 2. The molecule has 0 fully saturated rings. The first-order chi connectivity index (χ1) is 5.70. The Bertz CT molecular complexity index is 204. The zero-order valence-corrected chi connectivity index (χ0v) is 7.96. The fraction of sp³-hybridized carbons (Fsp3) is 0.667. The minimum absolute atomic E-state index is 0.395. The molecule has 1 atom stereocenters. The lowest BCUT2D eigenvalue weighted by Crippen LogP contribution is -2.22. The Morgan fingerprint density at radius 2 is 2.25 bits per heavy atom. The number of aromatic amines is 1. The van der Waals surface area contributed by atoms with Crippen LogP contribution in [0.1, 0.15) is 32.4 Å². The third-order valence-electron chi connectivity index (χ3n) is 1.85. The molecule has 0 amide bonds. The van der Waals surface area contributed by atoms with Gasteiger partial charge in [-0.1, -0.05) is 13.8 Å². The number of aromatic nitrogens is 2. The van der Waals surface area contributed by atoms with Crippen molar-refractivity contribution in [2.24, 2.45) is 5.92 Å². The normalized spacial score (nSPS) is 13.7. The average Bonchev–Trinajstić information content (AvgIpc) is 2.51. The first kappa shape index (κ1) is 9.26. The molecule has 1 rings (SSSR count). The second-order valence-electron chi connectivity index (χ2n) is 3.56. The van der Waals surface area contributed by atoms with Crippen LogP contribution in [-0.4, -0.2) is 16.7 Å². The lowest BCUT2D eigenvalue weighted by atomic mass is 10.1. The summed E-state index contributed by atoms with van der Waals surface area (Å²) >= 11 is 0. The van der Waals surface area contributed by atoms with E-state index in [1.165, 1.54) is 5.56 Å². The Morgan fingerprint density at radius 1 is 1.50 bits per heavy atom. The van der Waals surface area contributed by atoms with Crippen LogP contribution in [0.3, 0.4) is 0 Å². The Hall–Kier alpha value is -0.830. The Labute approximate surface area is 73.6 Å². The van der Waals surface area contributed by atoms with E-state index in [0.717, 1.165) is 6.54 Å². The Balaban J connectivity index is 2.34. The van der Waals surface area contributed by atoms with E-state index in [0.29, 0.717) is 12.0 Å². The molecule has 12 heavy (non-hydrogen) atoms. The fourth-order valence-corrected chi connectivity index (χ4v) is 1.03. The summed E-state index contributed by atoms with van der Waals surface area (Å²) in [4.78, 5) is 0. The second kappa shape index (κ2) is 4.26. The number of H-pyrrole nitrogens is 1. The molecule has 1 unspecified atom stereocenters. The molecule has 0 saturated heterocycles. The summed E-state index contributed by atoms with van der Waals surface area (Å²) in [6.07, 6.45) is 3.79. The van der Waals surface area contributed by atoms with Crippen LogP contribution in [-0.2, 0) is 0 Å². The molecule has 0 aromatic carbocycles.